The normalized spacial score (nSPS) is 21.0. The molecule has 6 heteroatoms. The number of aliphatic hydroxyl groups excluding tert-OH is 1. The Kier molecular flexibility index (Phi) is 5.89. The van der Waals surface area contributed by atoms with Crippen molar-refractivity contribution in [2.75, 3.05) is 13.1 Å². The summed E-state index contributed by atoms with van der Waals surface area (Å²) in [5, 5.41) is 11.1. The van der Waals surface area contributed by atoms with E-state index in [9.17, 15) is 5.11 Å². The third-order valence-electron chi connectivity index (χ3n) is 4.35. The van der Waals surface area contributed by atoms with Gasteiger partial charge in [-0.05, 0) is 38.5 Å². The van der Waals surface area contributed by atoms with Crippen molar-refractivity contribution in [2.24, 2.45) is 5.92 Å². The highest BCUT2D eigenvalue weighted by Crippen LogP contribution is 2.28. The minimum atomic E-state index is -0.365. The molecular formula is C19H24ClN3O2. The Bertz CT molecular complexity index is 696. The minimum Gasteiger partial charge on any atom is -0.491 e. The molecule has 2 atom stereocenters. The molecular weight excluding hydrogens is 338 g/mol. The minimum absolute atomic E-state index is 0.105. The molecule has 2 aromatic rings. The molecule has 2 heterocycles. The molecule has 1 N–H and O–H groups in total. The second-order valence-electron chi connectivity index (χ2n) is 6.84. The molecule has 1 fully saturated rings. The van der Waals surface area contributed by atoms with E-state index in [-0.39, 0.29) is 18.1 Å². The van der Waals surface area contributed by atoms with Gasteiger partial charge in [-0.15, -0.1) is 0 Å². The quantitative estimate of drug-likeness (QED) is 0.857. The molecule has 3 rings (SSSR count). The zero-order valence-electron chi connectivity index (χ0n) is 14.6. The van der Waals surface area contributed by atoms with Crippen LogP contribution in [0.25, 0.3) is 0 Å². The van der Waals surface area contributed by atoms with Gasteiger partial charge < -0.3 is 9.84 Å². The number of hydrogen-bond donors (Lipinski definition) is 1. The van der Waals surface area contributed by atoms with Gasteiger partial charge in [0.2, 0.25) is 0 Å². The van der Waals surface area contributed by atoms with E-state index in [1.807, 2.05) is 32.0 Å². The molecule has 1 aromatic carbocycles. The summed E-state index contributed by atoms with van der Waals surface area (Å²) in [7, 11) is 0. The van der Waals surface area contributed by atoms with E-state index in [0.29, 0.717) is 18.1 Å². The summed E-state index contributed by atoms with van der Waals surface area (Å²) >= 11 is 6.16. The van der Waals surface area contributed by atoms with Gasteiger partial charge in [-0.3, -0.25) is 14.9 Å². The first-order valence-electron chi connectivity index (χ1n) is 8.61. The van der Waals surface area contributed by atoms with Gasteiger partial charge in [0, 0.05) is 54.7 Å². The number of aliphatic hydroxyl groups is 1. The zero-order chi connectivity index (χ0) is 17.8. The Balaban J connectivity index is 1.67. The van der Waals surface area contributed by atoms with Gasteiger partial charge in [-0.1, -0.05) is 11.6 Å². The van der Waals surface area contributed by atoms with Crippen LogP contribution in [0.15, 0.2) is 36.8 Å². The largest absolute Gasteiger partial charge is 0.491 e. The molecule has 5 nitrogen and oxygen atoms in total. The summed E-state index contributed by atoms with van der Waals surface area (Å²) in [5.74, 6) is 1.01. The number of hydrogen-bond acceptors (Lipinski definition) is 5. The van der Waals surface area contributed by atoms with E-state index in [1.165, 1.54) is 0 Å². The fraction of sp³-hybridized carbons (Fsp3) is 0.474. The lowest BCUT2D eigenvalue weighted by Crippen LogP contribution is -2.22. The third-order valence-corrected chi connectivity index (χ3v) is 4.58. The molecule has 25 heavy (non-hydrogen) atoms. The summed E-state index contributed by atoms with van der Waals surface area (Å²) in [6.07, 6.45) is 5.59. The number of β-amino-alcohol motifs (C(OH)–C–C–N with tert-alkyl or cyclic N) is 1. The Morgan fingerprint density at radius 1 is 1.32 bits per heavy atom. The topological polar surface area (TPSA) is 58.5 Å². The zero-order valence-corrected chi connectivity index (χ0v) is 15.4. The second-order valence-corrected chi connectivity index (χ2v) is 7.28. The van der Waals surface area contributed by atoms with Gasteiger partial charge in [0.1, 0.15) is 5.75 Å². The molecule has 1 aliphatic rings. The molecule has 1 aromatic heterocycles. The smallest absolute Gasteiger partial charge is 0.124 e. The Hall–Kier alpha value is -1.69. The fourth-order valence-electron chi connectivity index (χ4n) is 3.26. The highest BCUT2D eigenvalue weighted by atomic mass is 35.5. The highest BCUT2D eigenvalue weighted by molar-refractivity contribution is 6.30. The molecule has 1 aliphatic heterocycles. The average Bonchev–Trinajstić information content (AvgIpc) is 2.90. The van der Waals surface area contributed by atoms with E-state index < -0.39 is 0 Å². The summed E-state index contributed by atoms with van der Waals surface area (Å²) in [6, 6.07) is 5.71. The molecule has 0 amide bonds. The molecule has 134 valence electrons. The molecule has 0 spiro atoms. The van der Waals surface area contributed by atoms with Crippen LogP contribution in [0.5, 0.6) is 5.75 Å². The van der Waals surface area contributed by atoms with Crippen molar-refractivity contribution in [3.63, 3.8) is 0 Å². The lowest BCUT2D eigenvalue weighted by Gasteiger charge is -2.20. The first kappa shape index (κ1) is 18.1. The van der Waals surface area contributed by atoms with Crippen molar-refractivity contribution < 1.29 is 9.84 Å². The number of aromatic nitrogens is 2. The van der Waals surface area contributed by atoms with Gasteiger partial charge in [0.05, 0.1) is 17.9 Å². The lowest BCUT2D eigenvalue weighted by molar-refractivity contribution is 0.140. The van der Waals surface area contributed by atoms with Crippen LogP contribution >= 0.6 is 11.6 Å². The van der Waals surface area contributed by atoms with Crippen LogP contribution in [0, 0.1) is 5.92 Å². The van der Waals surface area contributed by atoms with E-state index >= 15 is 0 Å². The standard InChI is InChI=1S/C19H24ClN3O2/c1-13(2)25-19-4-3-16(20)7-15(19)11-23-10-14(18(24)12-23)8-17-9-21-5-6-22-17/h3-7,9,13-14,18,24H,8,10-12H2,1-2H3/t14-,18-/m1/s1. The number of likely N-dealkylation sites (tertiary alicyclic amines) is 1. The van der Waals surface area contributed by atoms with Gasteiger partial charge in [0.15, 0.2) is 0 Å². The SMILES string of the molecule is CC(C)Oc1ccc(Cl)cc1CN1C[C@@H](Cc2cnccn2)[C@H](O)C1. The summed E-state index contributed by atoms with van der Waals surface area (Å²) in [5.41, 5.74) is 1.97. The molecule has 0 aliphatic carbocycles. The first-order chi connectivity index (χ1) is 12.0. The van der Waals surface area contributed by atoms with E-state index in [0.717, 1.165) is 30.0 Å². The van der Waals surface area contributed by atoms with Crippen molar-refractivity contribution in [2.45, 2.75) is 39.0 Å². The van der Waals surface area contributed by atoms with Crippen LogP contribution in [0.4, 0.5) is 0 Å². The molecule has 0 radical (unpaired) electrons. The van der Waals surface area contributed by atoms with Crippen molar-refractivity contribution in [3.8, 4) is 5.75 Å². The van der Waals surface area contributed by atoms with Crippen molar-refractivity contribution in [1.82, 2.24) is 14.9 Å². The van der Waals surface area contributed by atoms with Crippen LogP contribution < -0.4 is 4.74 Å². The number of rotatable bonds is 6. The van der Waals surface area contributed by atoms with Crippen LogP contribution in [-0.2, 0) is 13.0 Å². The number of nitrogens with zero attached hydrogens (tertiary/aromatic N) is 3. The molecule has 0 unspecified atom stereocenters. The fourth-order valence-corrected chi connectivity index (χ4v) is 3.45. The Morgan fingerprint density at radius 2 is 2.16 bits per heavy atom. The van der Waals surface area contributed by atoms with E-state index in [1.54, 1.807) is 18.6 Å². The first-order valence-corrected chi connectivity index (χ1v) is 8.99. The average molecular weight is 362 g/mol. The van der Waals surface area contributed by atoms with Gasteiger partial charge in [-0.25, -0.2) is 0 Å². The van der Waals surface area contributed by atoms with E-state index in [2.05, 4.69) is 14.9 Å². The predicted octanol–water partition coefficient (Wildman–Crippen LogP) is 2.95. The second kappa shape index (κ2) is 8.13. The molecule has 0 bridgehead atoms. The van der Waals surface area contributed by atoms with Gasteiger partial charge in [0.25, 0.3) is 0 Å². The van der Waals surface area contributed by atoms with Crippen molar-refractivity contribution >= 4 is 11.6 Å². The van der Waals surface area contributed by atoms with Crippen LogP contribution in [0.3, 0.4) is 0 Å². The van der Waals surface area contributed by atoms with Crippen molar-refractivity contribution in [3.05, 3.63) is 53.1 Å². The number of ether oxygens (including phenoxy) is 1. The summed E-state index contributed by atoms with van der Waals surface area (Å²) < 4.78 is 5.89. The number of halogens is 1. The third kappa shape index (κ3) is 4.91. The van der Waals surface area contributed by atoms with Gasteiger partial charge in [-0.2, -0.15) is 0 Å². The van der Waals surface area contributed by atoms with Crippen molar-refractivity contribution in [1.29, 1.82) is 0 Å². The summed E-state index contributed by atoms with van der Waals surface area (Å²) in [4.78, 5) is 10.7. The lowest BCUT2D eigenvalue weighted by atomic mass is 10.0. The van der Waals surface area contributed by atoms with Crippen LogP contribution in [0.2, 0.25) is 5.02 Å². The van der Waals surface area contributed by atoms with Crippen LogP contribution in [0.1, 0.15) is 25.1 Å². The molecule has 1 saturated heterocycles. The highest BCUT2D eigenvalue weighted by Gasteiger charge is 2.32. The maximum absolute atomic E-state index is 10.4. The van der Waals surface area contributed by atoms with Gasteiger partial charge >= 0.3 is 0 Å². The predicted molar refractivity (Wildman–Crippen MR) is 97.7 cm³/mol. The Morgan fingerprint density at radius 3 is 2.88 bits per heavy atom. The summed E-state index contributed by atoms with van der Waals surface area (Å²) in [6.45, 7) is 6.17. The maximum atomic E-state index is 10.4. The number of benzene rings is 1. The maximum Gasteiger partial charge on any atom is 0.124 e. The Labute approximate surface area is 153 Å². The van der Waals surface area contributed by atoms with E-state index in [4.69, 9.17) is 16.3 Å². The monoisotopic (exact) mass is 361 g/mol. The van der Waals surface area contributed by atoms with Crippen LogP contribution in [-0.4, -0.2) is 45.3 Å². The molecule has 0 saturated carbocycles.